The molecule has 0 unspecified atom stereocenters. The molecule has 5 N–H and O–H groups in total. The fourth-order valence-corrected chi connectivity index (χ4v) is 4.02. The van der Waals surface area contributed by atoms with Gasteiger partial charge < -0.3 is 25.5 Å². The molecule has 0 aliphatic heterocycles. The summed E-state index contributed by atoms with van der Waals surface area (Å²) in [5.41, 5.74) is -0.371. The molecule has 0 radical (unpaired) electrons. The van der Waals surface area contributed by atoms with Gasteiger partial charge in [0.25, 0.3) is 0 Å². The van der Waals surface area contributed by atoms with Crippen LogP contribution in [0.2, 0.25) is 0 Å². The van der Waals surface area contributed by atoms with Crippen LogP contribution in [0.15, 0.2) is 6.07 Å². The highest BCUT2D eigenvalue weighted by Crippen LogP contribution is 2.50. The van der Waals surface area contributed by atoms with Gasteiger partial charge in [0.1, 0.15) is 5.75 Å². The second-order valence-corrected chi connectivity index (χ2v) is 9.63. The zero-order chi connectivity index (χ0) is 23.2. The van der Waals surface area contributed by atoms with Gasteiger partial charge in [0.15, 0.2) is 11.5 Å². The summed E-state index contributed by atoms with van der Waals surface area (Å²) in [5.74, 6) is -2.08. The predicted molar refractivity (Wildman–Crippen MR) is 117 cm³/mol. The Morgan fingerprint density at radius 2 is 1.52 bits per heavy atom. The highest BCUT2D eigenvalue weighted by molar-refractivity contribution is 5.77. The first-order valence-electron chi connectivity index (χ1n) is 11.2. The van der Waals surface area contributed by atoms with Crippen LogP contribution in [0, 0.1) is 10.8 Å². The van der Waals surface area contributed by atoms with Crippen LogP contribution in [0.3, 0.4) is 0 Å². The Balaban J connectivity index is 1.83. The molecule has 0 saturated heterocycles. The molecule has 1 aromatic carbocycles. The largest absolute Gasteiger partial charge is 0.507 e. The quantitative estimate of drug-likeness (QED) is 0.158. The lowest BCUT2D eigenvalue weighted by Gasteiger charge is -2.18. The Hall–Kier alpha value is -2.44. The molecule has 7 heteroatoms. The maximum atomic E-state index is 11.2. The van der Waals surface area contributed by atoms with Crippen LogP contribution in [0.5, 0.6) is 17.2 Å². The molecule has 7 nitrogen and oxygen atoms in total. The molecule has 0 heterocycles. The number of hydrogen-bond donors (Lipinski definition) is 5. The molecule has 0 spiro atoms. The van der Waals surface area contributed by atoms with Gasteiger partial charge in [-0.05, 0) is 76.8 Å². The van der Waals surface area contributed by atoms with Gasteiger partial charge in [0, 0.05) is 5.56 Å². The summed E-state index contributed by atoms with van der Waals surface area (Å²) >= 11 is 0. The third-order valence-corrected chi connectivity index (χ3v) is 6.65. The van der Waals surface area contributed by atoms with Crippen molar-refractivity contribution in [3.05, 3.63) is 17.2 Å². The maximum absolute atomic E-state index is 11.2. The van der Waals surface area contributed by atoms with Gasteiger partial charge in [-0.2, -0.15) is 0 Å². The number of phenolic OH excluding ortho intramolecular Hbond substituents is 3. The molecule has 0 atom stereocenters. The fourth-order valence-electron chi connectivity index (χ4n) is 4.02. The lowest BCUT2D eigenvalue weighted by Crippen LogP contribution is -2.23. The van der Waals surface area contributed by atoms with Crippen LogP contribution in [0.4, 0.5) is 0 Å². The number of aliphatic carboxylic acids is 2. The van der Waals surface area contributed by atoms with E-state index in [9.17, 15) is 30.0 Å². The first kappa shape index (κ1) is 24.8. The minimum absolute atomic E-state index is 0.00497. The molecule has 1 saturated carbocycles. The van der Waals surface area contributed by atoms with E-state index in [1.54, 1.807) is 13.8 Å². The first-order chi connectivity index (χ1) is 14.5. The number of hydrogen-bond acceptors (Lipinski definition) is 5. The zero-order valence-corrected chi connectivity index (χ0v) is 18.6. The molecule has 1 fully saturated rings. The van der Waals surface area contributed by atoms with E-state index in [0.29, 0.717) is 43.2 Å². The van der Waals surface area contributed by atoms with Crippen molar-refractivity contribution >= 4 is 11.9 Å². The van der Waals surface area contributed by atoms with Crippen LogP contribution in [-0.4, -0.2) is 37.5 Å². The summed E-state index contributed by atoms with van der Waals surface area (Å²) in [6.07, 6.45) is 8.24. The van der Waals surface area contributed by atoms with Gasteiger partial charge in [-0.15, -0.1) is 0 Å². The van der Waals surface area contributed by atoms with Gasteiger partial charge in [-0.25, -0.2) is 0 Å². The molecule has 1 aromatic rings. The number of carboxylic acid groups (broad SMARTS) is 2. The maximum Gasteiger partial charge on any atom is 0.309 e. The van der Waals surface area contributed by atoms with Crippen molar-refractivity contribution in [3.8, 4) is 17.2 Å². The zero-order valence-electron chi connectivity index (χ0n) is 18.6. The average Bonchev–Trinajstić information content (AvgIpc) is 3.48. The van der Waals surface area contributed by atoms with Crippen LogP contribution in [-0.2, 0) is 22.4 Å². The number of carboxylic acids is 2. The van der Waals surface area contributed by atoms with E-state index in [0.717, 1.165) is 44.9 Å². The molecule has 0 aromatic heterocycles. The van der Waals surface area contributed by atoms with E-state index in [-0.39, 0.29) is 17.2 Å². The number of unbranched alkanes of at least 4 members (excludes halogenated alkanes) is 4. The van der Waals surface area contributed by atoms with Gasteiger partial charge in [0.2, 0.25) is 0 Å². The molecular formula is C24H36O7. The third kappa shape index (κ3) is 6.52. The molecule has 2 rings (SSSR count). The minimum Gasteiger partial charge on any atom is -0.507 e. The Kier molecular flexibility index (Phi) is 8.21. The van der Waals surface area contributed by atoms with E-state index in [1.807, 2.05) is 0 Å². The highest BCUT2D eigenvalue weighted by atomic mass is 16.4. The summed E-state index contributed by atoms with van der Waals surface area (Å²) in [6.45, 7) is 3.39. The van der Waals surface area contributed by atoms with Crippen molar-refractivity contribution in [2.45, 2.75) is 90.9 Å². The Morgan fingerprint density at radius 3 is 2.10 bits per heavy atom. The normalized spacial score (nSPS) is 15.0. The number of phenols is 3. The van der Waals surface area contributed by atoms with Crippen LogP contribution >= 0.6 is 0 Å². The SMILES string of the molecule is CC(C)(CCCCCc1c(O)c(O)cc(CCCCCC2(C(=O)O)CC2)c1O)C(=O)O. The van der Waals surface area contributed by atoms with E-state index < -0.39 is 22.8 Å². The van der Waals surface area contributed by atoms with Crippen LogP contribution < -0.4 is 0 Å². The van der Waals surface area contributed by atoms with E-state index in [2.05, 4.69) is 0 Å². The first-order valence-corrected chi connectivity index (χ1v) is 11.2. The van der Waals surface area contributed by atoms with Crippen molar-refractivity contribution in [1.29, 1.82) is 0 Å². The van der Waals surface area contributed by atoms with Crippen molar-refractivity contribution in [3.63, 3.8) is 0 Å². The topological polar surface area (TPSA) is 135 Å². The van der Waals surface area contributed by atoms with Gasteiger partial charge in [-0.3, -0.25) is 9.59 Å². The van der Waals surface area contributed by atoms with E-state index >= 15 is 0 Å². The summed E-state index contributed by atoms with van der Waals surface area (Å²) in [5, 5.41) is 49.2. The number of aromatic hydroxyl groups is 3. The van der Waals surface area contributed by atoms with Crippen molar-refractivity contribution in [2.24, 2.45) is 10.8 Å². The fraction of sp³-hybridized carbons (Fsp3) is 0.667. The van der Waals surface area contributed by atoms with Gasteiger partial charge >= 0.3 is 11.9 Å². The van der Waals surface area contributed by atoms with E-state index in [4.69, 9.17) is 5.11 Å². The smallest absolute Gasteiger partial charge is 0.309 e. The molecule has 0 amide bonds. The van der Waals surface area contributed by atoms with Gasteiger partial charge in [-0.1, -0.05) is 25.7 Å². The van der Waals surface area contributed by atoms with E-state index in [1.165, 1.54) is 6.07 Å². The molecule has 1 aliphatic carbocycles. The second kappa shape index (κ2) is 10.2. The summed E-state index contributed by atoms with van der Waals surface area (Å²) < 4.78 is 0. The molecule has 0 bridgehead atoms. The number of benzene rings is 1. The third-order valence-electron chi connectivity index (χ3n) is 6.65. The lowest BCUT2D eigenvalue weighted by atomic mass is 9.87. The molecule has 174 valence electrons. The van der Waals surface area contributed by atoms with Crippen molar-refractivity contribution < 1.29 is 35.1 Å². The van der Waals surface area contributed by atoms with Crippen molar-refractivity contribution in [1.82, 2.24) is 0 Å². The Labute approximate surface area is 183 Å². The van der Waals surface area contributed by atoms with Gasteiger partial charge in [0.05, 0.1) is 10.8 Å². The average molecular weight is 437 g/mol. The summed E-state index contributed by atoms with van der Waals surface area (Å²) in [7, 11) is 0. The highest BCUT2D eigenvalue weighted by Gasteiger charge is 2.49. The standard InChI is InChI=1S/C24H36O7/c1-23(2,21(28)29)11-7-4-6-10-17-19(26)16(15-18(25)20(17)27)9-5-3-8-12-24(13-14-24)22(30)31/h15,25-27H,3-14H2,1-2H3,(H,28,29)(H,30,31). The predicted octanol–water partition coefficient (Wildman–Crippen LogP) is 4.98. The minimum atomic E-state index is -0.823. The molecular weight excluding hydrogens is 400 g/mol. The molecule has 1 aliphatic rings. The number of carbonyl (C=O) groups is 2. The number of aryl methyl sites for hydroxylation is 1. The van der Waals surface area contributed by atoms with Crippen molar-refractivity contribution in [2.75, 3.05) is 0 Å². The monoisotopic (exact) mass is 436 g/mol. The Bertz CT molecular complexity index is 794. The van der Waals surface area contributed by atoms with Crippen LogP contribution in [0.1, 0.15) is 89.2 Å². The summed E-state index contributed by atoms with van der Waals surface area (Å²) in [6, 6.07) is 1.39. The number of rotatable bonds is 14. The molecule has 31 heavy (non-hydrogen) atoms. The Morgan fingerprint density at radius 1 is 0.903 bits per heavy atom. The lowest BCUT2D eigenvalue weighted by molar-refractivity contribution is -0.147. The second-order valence-electron chi connectivity index (χ2n) is 9.63. The van der Waals surface area contributed by atoms with Crippen LogP contribution in [0.25, 0.3) is 0 Å². The summed E-state index contributed by atoms with van der Waals surface area (Å²) in [4.78, 5) is 22.4.